The van der Waals surface area contributed by atoms with Crippen LogP contribution in [0.2, 0.25) is 0 Å². The van der Waals surface area contributed by atoms with Crippen LogP contribution in [-0.4, -0.2) is 25.1 Å². The fourth-order valence-electron chi connectivity index (χ4n) is 2.14. The van der Waals surface area contributed by atoms with Crippen LogP contribution < -0.4 is 5.32 Å². The van der Waals surface area contributed by atoms with E-state index < -0.39 is 26.5 Å². The second-order valence-corrected chi connectivity index (χ2v) is 10.4. The van der Waals surface area contributed by atoms with E-state index in [1.165, 1.54) is 6.92 Å². The van der Waals surface area contributed by atoms with Gasteiger partial charge in [0.25, 0.3) is 0 Å². The Morgan fingerprint density at radius 3 is 2.00 bits per heavy atom. The Labute approximate surface area is 147 Å². The van der Waals surface area contributed by atoms with Crippen LogP contribution in [0, 0.1) is 0 Å². The van der Waals surface area contributed by atoms with Crippen LogP contribution in [0.3, 0.4) is 0 Å². The Morgan fingerprint density at radius 1 is 1.08 bits per heavy atom. The highest BCUT2D eigenvalue weighted by atomic mass is 32.2. The predicted octanol–water partition coefficient (Wildman–Crippen LogP) is 3.59. The van der Waals surface area contributed by atoms with Crippen molar-refractivity contribution >= 4 is 15.7 Å². The third-order valence-corrected chi connectivity index (χ3v) is 6.47. The average Bonchev–Trinajstić information content (AvgIpc) is 2.45. The van der Waals surface area contributed by atoms with Crippen molar-refractivity contribution in [2.45, 2.75) is 76.8 Å². The molecule has 0 heterocycles. The van der Waals surface area contributed by atoms with Crippen molar-refractivity contribution in [3.8, 4) is 0 Å². The van der Waals surface area contributed by atoms with Gasteiger partial charge in [0.05, 0.1) is 5.75 Å². The molecule has 1 atom stereocenters. The first-order valence-corrected chi connectivity index (χ1v) is 10.1. The maximum Gasteiger partial charge on any atom is 0.238 e. The number of carbonyl (C=O) groups is 1. The van der Waals surface area contributed by atoms with Gasteiger partial charge < -0.3 is 5.32 Å². The Hall–Kier alpha value is -1.36. The smallest absolute Gasteiger partial charge is 0.238 e. The van der Waals surface area contributed by atoms with Crippen molar-refractivity contribution < 1.29 is 13.2 Å². The molecular formula is C19H31NO3S. The zero-order valence-electron chi connectivity index (χ0n) is 15.9. The minimum absolute atomic E-state index is 0.0241. The summed E-state index contributed by atoms with van der Waals surface area (Å²) in [6, 6.07) is 7.57. The van der Waals surface area contributed by atoms with Gasteiger partial charge in [-0.1, -0.05) is 52.0 Å². The minimum atomic E-state index is -3.55. The summed E-state index contributed by atoms with van der Waals surface area (Å²) in [6.07, 6.45) is 0.736. The molecule has 0 aliphatic rings. The summed E-state index contributed by atoms with van der Waals surface area (Å²) >= 11 is 0. The van der Waals surface area contributed by atoms with E-state index in [1.807, 2.05) is 45.0 Å². The summed E-state index contributed by atoms with van der Waals surface area (Å²) in [4.78, 5) is 12.2. The van der Waals surface area contributed by atoms with Gasteiger partial charge in [-0.05, 0) is 43.7 Å². The number of sulfone groups is 1. The first kappa shape index (κ1) is 20.7. The topological polar surface area (TPSA) is 63.2 Å². The molecule has 0 aromatic heterocycles. The number of amides is 1. The van der Waals surface area contributed by atoms with Crippen LogP contribution in [0.1, 0.15) is 66.0 Å². The molecule has 0 aliphatic heterocycles. The van der Waals surface area contributed by atoms with E-state index in [-0.39, 0.29) is 11.2 Å². The highest BCUT2D eigenvalue weighted by Gasteiger charge is 2.31. The summed E-state index contributed by atoms with van der Waals surface area (Å²) in [5, 5.41) is 1.74. The average molecular weight is 354 g/mol. The van der Waals surface area contributed by atoms with Crippen molar-refractivity contribution in [3.63, 3.8) is 0 Å². The highest BCUT2D eigenvalue weighted by Crippen LogP contribution is 2.23. The number of benzene rings is 1. The maximum absolute atomic E-state index is 12.5. The van der Waals surface area contributed by atoms with Gasteiger partial charge in [-0.15, -0.1) is 0 Å². The van der Waals surface area contributed by atoms with Crippen molar-refractivity contribution in [2.24, 2.45) is 0 Å². The van der Waals surface area contributed by atoms with E-state index in [0.29, 0.717) is 5.56 Å². The van der Waals surface area contributed by atoms with E-state index in [2.05, 4.69) is 26.1 Å². The number of hydrogen-bond acceptors (Lipinski definition) is 3. The molecular weight excluding hydrogens is 322 g/mol. The lowest BCUT2D eigenvalue weighted by Gasteiger charge is -2.26. The van der Waals surface area contributed by atoms with Gasteiger partial charge in [-0.3, -0.25) is 4.79 Å². The molecule has 0 fully saturated rings. The molecule has 24 heavy (non-hydrogen) atoms. The van der Waals surface area contributed by atoms with E-state index in [1.54, 1.807) is 0 Å². The fraction of sp³-hybridized carbons (Fsp3) is 0.632. The molecule has 1 aromatic rings. The monoisotopic (exact) mass is 353 g/mol. The van der Waals surface area contributed by atoms with Crippen molar-refractivity contribution in [1.82, 2.24) is 5.32 Å². The molecule has 0 saturated carbocycles. The number of rotatable bonds is 6. The first-order chi connectivity index (χ1) is 10.8. The molecule has 0 aliphatic carbocycles. The molecule has 1 unspecified atom stereocenters. The minimum Gasteiger partial charge on any atom is -0.350 e. The Balaban J connectivity index is 2.87. The Morgan fingerprint density at radius 2 is 1.58 bits per heavy atom. The molecule has 5 heteroatoms. The second-order valence-electron chi connectivity index (χ2n) is 8.12. The van der Waals surface area contributed by atoms with Crippen molar-refractivity contribution in [1.29, 1.82) is 0 Å². The van der Waals surface area contributed by atoms with Crippen LogP contribution in [0.5, 0.6) is 0 Å². The third-order valence-electron chi connectivity index (χ3n) is 4.44. The normalized spacial score (nSPS) is 14.3. The highest BCUT2D eigenvalue weighted by molar-refractivity contribution is 7.92. The zero-order chi connectivity index (χ0) is 18.8. The lowest BCUT2D eigenvalue weighted by molar-refractivity contribution is -0.122. The standard InChI is InChI=1S/C19H31NO3S/c1-8-19(6,7)20-17(21)14(2)24(22,23)13-15-9-11-16(12-10-15)18(3,4)5/h9-12,14H,8,13H2,1-7H3,(H,20,21). The molecule has 0 bridgehead atoms. The molecule has 136 valence electrons. The molecule has 1 rings (SSSR count). The van der Waals surface area contributed by atoms with Gasteiger partial charge in [-0.25, -0.2) is 8.42 Å². The van der Waals surface area contributed by atoms with Gasteiger partial charge in [0.15, 0.2) is 9.84 Å². The molecule has 0 spiro atoms. The Kier molecular flexibility index (Phi) is 6.26. The SMILES string of the molecule is CCC(C)(C)NC(=O)C(C)S(=O)(=O)Cc1ccc(C(C)(C)C)cc1. The summed E-state index contributed by atoms with van der Waals surface area (Å²) < 4.78 is 25.1. The van der Waals surface area contributed by atoms with Gasteiger partial charge >= 0.3 is 0 Å². The summed E-state index contributed by atoms with van der Waals surface area (Å²) in [6.45, 7) is 13.5. The largest absolute Gasteiger partial charge is 0.350 e. The van der Waals surface area contributed by atoms with Crippen LogP contribution in [0.4, 0.5) is 0 Å². The van der Waals surface area contributed by atoms with E-state index in [9.17, 15) is 13.2 Å². The lowest BCUT2D eigenvalue weighted by atomic mass is 9.87. The van der Waals surface area contributed by atoms with Crippen LogP contribution in [0.15, 0.2) is 24.3 Å². The summed E-state index contributed by atoms with van der Waals surface area (Å²) in [7, 11) is -3.55. The van der Waals surface area contributed by atoms with E-state index >= 15 is 0 Å². The Bertz CT molecular complexity index is 668. The molecule has 0 saturated heterocycles. The van der Waals surface area contributed by atoms with Crippen LogP contribution >= 0.6 is 0 Å². The molecule has 1 N–H and O–H groups in total. The molecule has 1 aromatic carbocycles. The number of carbonyl (C=O) groups excluding carboxylic acids is 1. The van der Waals surface area contributed by atoms with Crippen molar-refractivity contribution in [3.05, 3.63) is 35.4 Å². The molecule has 4 nitrogen and oxygen atoms in total. The first-order valence-electron chi connectivity index (χ1n) is 8.41. The zero-order valence-corrected chi connectivity index (χ0v) is 16.8. The molecule has 1 amide bonds. The van der Waals surface area contributed by atoms with E-state index in [4.69, 9.17) is 0 Å². The van der Waals surface area contributed by atoms with Gasteiger partial charge in [0.1, 0.15) is 5.25 Å². The predicted molar refractivity (Wildman–Crippen MR) is 99.7 cm³/mol. The summed E-state index contributed by atoms with van der Waals surface area (Å²) in [5.74, 6) is -0.563. The quantitative estimate of drug-likeness (QED) is 0.850. The number of hydrogen-bond donors (Lipinski definition) is 1. The van der Waals surface area contributed by atoms with Gasteiger partial charge in [-0.2, -0.15) is 0 Å². The summed E-state index contributed by atoms with van der Waals surface area (Å²) in [5.41, 5.74) is 1.47. The van der Waals surface area contributed by atoms with Crippen LogP contribution in [-0.2, 0) is 25.8 Å². The van der Waals surface area contributed by atoms with Gasteiger partial charge in [0, 0.05) is 5.54 Å². The third kappa shape index (κ3) is 5.62. The number of nitrogens with one attached hydrogen (secondary N) is 1. The molecule has 0 radical (unpaired) electrons. The van der Waals surface area contributed by atoms with E-state index in [0.717, 1.165) is 12.0 Å². The fourth-order valence-corrected chi connectivity index (χ4v) is 3.44. The lowest BCUT2D eigenvalue weighted by Crippen LogP contribution is -2.48. The second kappa shape index (κ2) is 7.26. The van der Waals surface area contributed by atoms with Gasteiger partial charge in [0.2, 0.25) is 5.91 Å². The maximum atomic E-state index is 12.5. The van der Waals surface area contributed by atoms with Crippen molar-refractivity contribution in [2.75, 3.05) is 0 Å². The van der Waals surface area contributed by atoms with Crippen LogP contribution in [0.25, 0.3) is 0 Å².